The number of rotatable bonds is 3. The molecule has 1 aliphatic rings. The number of halogens is 3. The maximum atomic E-state index is 12.2. The summed E-state index contributed by atoms with van der Waals surface area (Å²) in [5, 5.41) is 0.636. The summed E-state index contributed by atoms with van der Waals surface area (Å²) in [6, 6.07) is 5.13. The van der Waals surface area contributed by atoms with Gasteiger partial charge >= 0.3 is 15.6 Å². The van der Waals surface area contributed by atoms with E-state index in [-0.39, 0.29) is 0 Å². The van der Waals surface area contributed by atoms with Gasteiger partial charge < -0.3 is 4.18 Å². The fraction of sp³-hybridized carbons (Fsp3) is 0.500. The highest BCUT2D eigenvalue weighted by molar-refractivity contribution is 7.88. The molecule has 1 saturated heterocycles. The van der Waals surface area contributed by atoms with Crippen LogP contribution in [0.15, 0.2) is 24.3 Å². The average Bonchev–Trinajstić information content (AvgIpc) is 2.41. The summed E-state index contributed by atoms with van der Waals surface area (Å²) in [5.74, 6) is -0.429. The van der Waals surface area contributed by atoms with Crippen molar-refractivity contribution >= 4 is 22.9 Å². The Labute approximate surface area is 127 Å². The van der Waals surface area contributed by atoms with E-state index in [1.165, 1.54) is 12.1 Å². The molecule has 1 fully saturated rings. The molecule has 1 aromatic carbocycles. The molecule has 0 atom stereocenters. The van der Waals surface area contributed by atoms with Gasteiger partial charge in [-0.1, -0.05) is 0 Å². The number of alkyl halides is 3. The van der Waals surface area contributed by atoms with E-state index in [4.69, 9.17) is 0 Å². The lowest BCUT2D eigenvalue weighted by Crippen LogP contribution is -2.36. The average molecular weight is 358 g/mol. The van der Waals surface area contributed by atoms with Crippen molar-refractivity contribution < 1.29 is 30.7 Å². The van der Waals surface area contributed by atoms with E-state index in [1.807, 2.05) is 7.05 Å². The Kier molecular flexibility index (Phi) is 4.73. The van der Waals surface area contributed by atoms with Crippen LogP contribution in [0.5, 0.6) is 5.75 Å². The first-order valence-electron chi connectivity index (χ1n) is 6.43. The van der Waals surface area contributed by atoms with Gasteiger partial charge in [0.15, 0.2) is 7.49 Å². The highest BCUT2D eigenvalue weighted by Crippen LogP contribution is 2.54. The van der Waals surface area contributed by atoms with Crippen molar-refractivity contribution in [3.05, 3.63) is 24.3 Å². The van der Waals surface area contributed by atoms with E-state index in [0.29, 0.717) is 17.6 Å². The Morgan fingerprint density at radius 1 is 1.18 bits per heavy atom. The fourth-order valence-electron chi connectivity index (χ4n) is 2.11. The highest BCUT2D eigenvalue weighted by Gasteiger charge is 2.48. The summed E-state index contributed by atoms with van der Waals surface area (Å²) >= 11 is 0. The van der Waals surface area contributed by atoms with Gasteiger partial charge in [-0.2, -0.15) is 21.6 Å². The molecule has 0 aliphatic carbocycles. The van der Waals surface area contributed by atoms with Gasteiger partial charge in [0.2, 0.25) is 0 Å². The van der Waals surface area contributed by atoms with Crippen LogP contribution in [0.2, 0.25) is 0 Å². The van der Waals surface area contributed by atoms with Crippen molar-refractivity contribution in [2.24, 2.45) is 0 Å². The van der Waals surface area contributed by atoms with Gasteiger partial charge in [0.05, 0.1) is 0 Å². The molecule has 1 N–H and O–H groups in total. The Morgan fingerprint density at radius 2 is 1.68 bits per heavy atom. The molecule has 0 unspecified atom stereocenters. The Bertz CT molecular complexity index is 625. The van der Waals surface area contributed by atoms with E-state index in [0.717, 1.165) is 25.2 Å². The molecule has 0 amide bonds. The van der Waals surface area contributed by atoms with Crippen LogP contribution in [-0.4, -0.2) is 56.2 Å². The summed E-state index contributed by atoms with van der Waals surface area (Å²) < 4.78 is 62.6. The van der Waals surface area contributed by atoms with E-state index in [1.54, 1.807) is 0 Å². The second-order valence-electron chi connectivity index (χ2n) is 5.15. The maximum absolute atomic E-state index is 12.2. The summed E-state index contributed by atoms with van der Waals surface area (Å²) in [6.07, 6.45) is 1.20. The van der Waals surface area contributed by atoms with Gasteiger partial charge in [0, 0.05) is 13.1 Å². The first kappa shape index (κ1) is 17.5. The summed E-state index contributed by atoms with van der Waals surface area (Å²) in [7, 11) is -6.05. The quantitative estimate of drug-likeness (QED) is 0.503. The predicted octanol–water partition coefficient (Wildman–Crippen LogP) is 1.41. The molecule has 0 spiro atoms. The zero-order chi connectivity index (χ0) is 16.6. The van der Waals surface area contributed by atoms with E-state index >= 15 is 0 Å². The third-order valence-corrected chi connectivity index (χ3v) is 7.63. The van der Waals surface area contributed by atoms with E-state index in [9.17, 15) is 26.5 Å². The molecule has 1 aliphatic heterocycles. The minimum absolute atomic E-state index is 0.429. The second kappa shape index (κ2) is 5.96. The third-order valence-electron chi connectivity index (χ3n) is 3.51. The molecule has 0 aromatic heterocycles. The van der Waals surface area contributed by atoms with Crippen molar-refractivity contribution in [2.75, 3.05) is 32.5 Å². The second-order valence-corrected chi connectivity index (χ2v) is 9.94. The Balaban J connectivity index is 2.14. The monoisotopic (exact) mass is 358 g/mol. The minimum Gasteiger partial charge on any atom is -0.376 e. The van der Waals surface area contributed by atoms with Crippen LogP contribution in [0.1, 0.15) is 0 Å². The smallest absolute Gasteiger partial charge is 0.376 e. The summed E-state index contributed by atoms with van der Waals surface area (Å²) in [5.41, 5.74) is -5.47. The highest BCUT2D eigenvalue weighted by atomic mass is 32.2. The topological polar surface area (TPSA) is 66.8 Å². The van der Waals surface area contributed by atoms with Crippen LogP contribution in [0.3, 0.4) is 0 Å². The van der Waals surface area contributed by atoms with Gasteiger partial charge in [0.25, 0.3) is 0 Å². The predicted molar refractivity (Wildman–Crippen MR) is 78.0 cm³/mol. The molecule has 2 rings (SSSR count). The normalized spacial score (nSPS) is 19.9. The van der Waals surface area contributed by atoms with E-state index < -0.39 is 28.9 Å². The zero-order valence-corrected chi connectivity index (χ0v) is 13.5. The Hall–Kier alpha value is -0.890. The van der Waals surface area contributed by atoms with Crippen LogP contribution >= 0.6 is 7.49 Å². The van der Waals surface area contributed by atoms with Crippen LogP contribution in [0, 0.1) is 0 Å². The number of nitrogens with zero attached hydrogens (tertiary/aromatic N) is 1. The number of benzene rings is 1. The van der Waals surface area contributed by atoms with Crippen LogP contribution in [-0.2, 0) is 10.1 Å². The molecule has 5 nitrogen and oxygen atoms in total. The van der Waals surface area contributed by atoms with Crippen LogP contribution in [0.25, 0.3) is 0 Å². The van der Waals surface area contributed by atoms with Gasteiger partial charge in [-0.15, -0.1) is 0 Å². The van der Waals surface area contributed by atoms with Gasteiger partial charge in [-0.05, 0) is 31.3 Å². The van der Waals surface area contributed by atoms with Gasteiger partial charge in [-0.3, -0.25) is 4.90 Å². The lowest BCUT2D eigenvalue weighted by atomic mass is 10.3. The summed E-state index contributed by atoms with van der Waals surface area (Å²) in [6.45, 7) is 1.48. The first-order chi connectivity index (χ1) is 10.0. The molecular weight excluding hydrogens is 342 g/mol. The largest absolute Gasteiger partial charge is 0.534 e. The first-order valence-corrected chi connectivity index (χ1v) is 9.95. The molecule has 10 heteroatoms. The molecule has 0 bridgehead atoms. The fourth-order valence-corrected chi connectivity index (χ4v) is 5.35. The van der Waals surface area contributed by atoms with Crippen LogP contribution in [0.4, 0.5) is 13.2 Å². The van der Waals surface area contributed by atoms with Gasteiger partial charge in [0.1, 0.15) is 23.4 Å². The minimum atomic E-state index is -5.67. The molecule has 1 heterocycles. The third kappa shape index (κ3) is 3.71. The standard InChI is InChI=1S/C12H16F3NO4PS/c1-16-6-8-21(17,9-7-16)11-4-2-10(3-5-11)20-22(18,19)12(13,14)15/h2-5,17H,6-9H2,1H3/q+1. The molecule has 0 radical (unpaired) electrons. The molecule has 0 saturated carbocycles. The lowest BCUT2D eigenvalue weighted by Gasteiger charge is -2.29. The molecule has 1 aromatic rings. The van der Waals surface area contributed by atoms with Gasteiger partial charge in [-0.25, -0.2) is 4.89 Å². The number of hydrogen-bond donors (Lipinski definition) is 1. The van der Waals surface area contributed by atoms with E-state index in [2.05, 4.69) is 9.08 Å². The number of hydrogen-bond acceptors (Lipinski definition) is 5. The molecule has 22 heavy (non-hydrogen) atoms. The Morgan fingerprint density at radius 3 is 2.14 bits per heavy atom. The van der Waals surface area contributed by atoms with Crippen molar-refractivity contribution in [3.8, 4) is 5.75 Å². The van der Waals surface area contributed by atoms with Crippen molar-refractivity contribution in [1.82, 2.24) is 4.90 Å². The SMILES string of the molecule is CN1CC[P+](O)(c2ccc(OS(=O)(=O)C(F)(F)F)cc2)CC1. The van der Waals surface area contributed by atoms with Crippen molar-refractivity contribution in [3.63, 3.8) is 0 Å². The molecular formula is C12H16F3NO4PS+. The van der Waals surface area contributed by atoms with Crippen molar-refractivity contribution in [1.29, 1.82) is 0 Å². The zero-order valence-electron chi connectivity index (χ0n) is 11.7. The summed E-state index contributed by atoms with van der Waals surface area (Å²) in [4.78, 5) is 12.7. The van der Waals surface area contributed by atoms with Crippen LogP contribution < -0.4 is 9.49 Å². The van der Waals surface area contributed by atoms with Crippen molar-refractivity contribution in [2.45, 2.75) is 5.51 Å². The molecule has 124 valence electrons. The lowest BCUT2D eigenvalue weighted by molar-refractivity contribution is -0.0500. The maximum Gasteiger partial charge on any atom is 0.534 e.